The maximum Gasteiger partial charge on any atom is 0.269 e. The minimum Gasteiger partial charge on any atom is -0.334 e. The van der Waals surface area contributed by atoms with Crippen LogP contribution >= 0.6 is 34.9 Å². The van der Waals surface area contributed by atoms with Gasteiger partial charge in [-0.25, -0.2) is 9.98 Å². The van der Waals surface area contributed by atoms with Gasteiger partial charge in [0, 0.05) is 17.5 Å². The number of hydrogen-bond acceptors (Lipinski definition) is 7. The van der Waals surface area contributed by atoms with E-state index in [-0.39, 0.29) is 11.9 Å². The number of fused-ring (bicyclic) bond motifs is 2. The number of amides is 1. The second kappa shape index (κ2) is 9.06. The van der Waals surface area contributed by atoms with Gasteiger partial charge in [-0.2, -0.15) is 0 Å². The van der Waals surface area contributed by atoms with E-state index in [9.17, 15) is 4.79 Å². The first-order valence-electron chi connectivity index (χ1n) is 11.9. The van der Waals surface area contributed by atoms with Crippen molar-refractivity contribution in [2.45, 2.75) is 56.9 Å². The number of nitrogens with zero attached hydrogens (tertiary/aromatic N) is 4. The van der Waals surface area contributed by atoms with Crippen LogP contribution in [0, 0.1) is 6.92 Å². The minimum absolute atomic E-state index is 0.106. The third kappa shape index (κ3) is 3.85. The zero-order chi connectivity index (χ0) is 23.2. The van der Waals surface area contributed by atoms with E-state index >= 15 is 0 Å². The Balaban J connectivity index is 1.43. The number of para-hydroxylation sites is 1. The summed E-state index contributed by atoms with van der Waals surface area (Å²) in [6.07, 6.45) is 5.68. The Morgan fingerprint density at radius 3 is 2.74 bits per heavy atom. The standard InChI is InChI=1S/C26H26N4OS3/c1-3-29-20-11-7-8-12-22(20)33-25(29)23-24(31)30(18-9-5-4-6-10-18)26(34-23)28-17-13-14-21-19(15-17)27-16(2)32-21/h7-8,11-15,18H,3-6,9-10H2,1-2H3. The average Bonchev–Trinajstić information content (AvgIpc) is 3.51. The van der Waals surface area contributed by atoms with Crippen LogP contribution in [0.15, 0.2) is 62.3 Å². The number of aryl methyl sites for hydroxylation is 1. The smallest absolute Gasteiger partial charge is 0.269 e. The third-order valence-electron chi connectivity index (χ3n) is 6.57. The number of thiazole rings is 1. The van der Waals surface area contributed by atoms with Crippen LogP contribution < -0.4 is 4.90 Å². The van der Waals surface area contributed by atoms with Gasteiger partial charge in [-0.15, -0.1) is 11.3 Å². The van der Waals surface area contributed by atoms with Gasteiger partial charge in [-0.1, -0.05) is 43.2 Å². The van der Waals surface area contributed by atoms with Crippen LogP contribution in [0.25, 0.3) is 10.2 Å². The first-order chi connectivity index (χ1) is 16.6. The van der Waals surface area contributed by atoms with Crippen LogP contribution in [0.1, 0.15) is 44.0 Å². The number of anilines is 1. The first kappa shape index (κ1) is 22.2. The molecule has 3 aromatic rings. The predicted octanol–water partition coefficient (Wildman–Crippen LogP) is 7.30. The summed E-state index contributed by atoms with van der Waals surface area (Å²) >= 11 is 4.94. The van der Waals surface area contributed by atoms with Crippen molar-refractivity contribution in [2.24, 2.45) is 4.99 Å². The summed E-state index contributed by atoms with van der Waals surface area (Å²) in [4.78, 5) is 29.9. The molecule has 2 aliphatic heterocycles. The molecule has 6 rings (SSSR count). The van der Waals surface area contributed by atoms with Crippen molar-refractivity contribution in [3.63, 3.8) is 0 Å². The molecule has 1 saturated carbocycles. The molecular weight excluding hydrogens is 481 g/mol. The van der Waals surface area contributed by atoms with E-state index in [4.69, 9.17) is 4.99 Å². The summed E-state index contributed by atoms with van der Waals surface area (Å²) < 4.78 is 1.17. The molecule has 2 aromatic carbocycles. The lowest BCUT2D eigenvalue weighted by Gasteiger charge is -2.30. The zero-order valence-electron chi connectivity index (χ0n) is 19.3. The van der Waals surface area contributed by atoms with Gasteiger partial charge in [0.05, 0.1) is 26.6 Å². The Morgan fingerprint density at radius 1 is 1.09 bits per heavy atom. The SMILES string of the molecule is CCN1C(=C2SC(=Nc3ccc4sc(C)nc4c3)N(C3CCCCC3)C2=O)Sc2ccccc21. The van der Waals surface area contributed by atoms with Gasteiger partial charge in [0.25, 0.3) is 5.91 Å². The number of carbonyl (C=O) groups excluding carboxylic acids is 1. The molecule has 174 valence electrons. The van der Waals surface area contributed by atoms with E-state index in [1.807, 2.05) is 24.0 Å². The molecule has 1 amide bonds. The minimum atomic E-state index is 0.106. The van der Waals surface area contributed by atoms with Crippen molar-refractivity contribution in [3.8, 4) is 0 Å². The molecule has 0 atom stereocenters. The fourth-order valence-corrected chi connectivity index (χ4v) is 8.24. The fourth-order valence-electron chi connectivity index (χ4n) is 4.98. The second-order valence-electron chi connectivity index (χ2n) is 8.80. The Hall–Kier alpha value is -2.29. The van der Waals surface area contributed by atoms with Crippen LogP contribution in [0.2, 0.25) is 0 Å². The van der Waals surface area contributed by atoms with Gasteiger partial charge in [0.1, 0.15) is 9.93 Å². The van der Waals surface area contributed by atoms with E-state index in [2.05, 4.69) is 47.1 Å². The number of carbonyl (C=O) groups is 1. The molecule has 2 fully saturated rings. The summed E-state index contributed by atoms with van der Waals surface area (Å²) in [6.45, 7) is 5.00. The zero-order valence-corrected chi connectivity index (χ0v) is 21.7. The van der Waals surface area contributed by atoms with Crippen molar-refractivity contribution in [3.05, 3.63) is 57.4 Å². The van der Waals surface area contributed by atoms with Crippen LogP contribution in [-0.2, 0) is 4.79 Å². The van der Waals surface area contributed by atoms with Gasteiger partial charge in [0.2, 0.25) is 0 Å². The third-order valence-corrected chi connectivity index (χ3v) is 9.88. The van der Waals surface area contributed by atoms with Crippen molar-refractivity contribution in [2.75, 3.05) is 11.4 Å². The highest BCUT2D eigenvalue weighted by Gasteiger charge is 2.42. The van der Waals surface area contributed by atoms with Crippen molar-refractivity contribution >= 4 is 67.5 Å². The number of thioether (sulfide) groups is 2. The lowest BCUT2D eigenvalue weighted by molar-refractivity contribution is -0.124. The first-order valence-corrected chi connectivity index (χ1v) is 14.3. The molecule has 1 aliphatic carbocycles. The van der Waals surface area contributed by atoms with Crippen LogP contribution in [0.4, 0.5) is 11.4 Å². The van der Waals surface area contributed by atoms with Crippen molar-refractivity contribution in [1.82, 2.24) is 9.88 Å². The molecule has 1 aromatic heterocycles. The molecule has 3 aliphatic rings. The highest BCUT2D eigenvalue weighted by molar-refractivity contribution is 8.19. The summed E-state index contributed by atoms with van der Waals surface area (Å²) in [6, 6.07) is 14.8. The topological polar surface area (TPSA) is 48.8 Å². The Labute approximate surface area is 212 Å². The number of aliphatic imine (C=N–C) groups is 1. The van der Waals surface area contributed by atoms with E-state index in [0.717, 1.165) is 50.7 Å². The monoisotopic (exact) mass is 506 g/mol. The molecule has 0 unspecified atom stereocenters. The Bertz CT molecular complexity index is 1340. The number of rotatable bonds is 3. The number of benzene rings is 2. The predicted molar refractivity (Wildman–Crippen MR) is 145 cm³/mol. The molecule has 0 spiro atoms. The quantitative estimate of drug-likeness (QED) is 0.349. The van der Waals surface area contributed by atoms with Gasteiger partial charge in [-0.3, -0.25) is 9.69 Å². The maximum absolute atomic E-state index is 13.9. The maximum atomic E-state index is 13.9. The number of aromatic nitrogens is 1. The summed E-state index contributed by atoms with van der Waals surface area (Å²) in [5.74, 6) is 0.106. The highest BCUT2D eigenvalue weighted by Crippen LogP contribution is 2.51. The second-order valence-corrected chi connectivity index (χ2v) is 12.0. The van der Waals surface area contributed by atoms with Crippen LogP contribution in [0.5, 0.6) is 0 Å². The van der Waals surface area contributed by atoms with Gasteiger partial charge in [0.15, 0.2) is 5.17 Å². The molecule has 0 bridgehead atoms. The molecule has 0 radical (unpaired) electrons. The van der Waals surface area contributed by atoms with E-state index in [0.29, 0.717) is 0 Å². The molecule has 5 nitrogen and oxygen atoms in total. The van der Waals surface area contributed by atoms with Crippen molar-refractivity contribution < 1.29 is 4.79 Å². The van der Waals surface area contributed by atoms with Gasteiger partial charge in [-0.05, 0) is 68.8 Å². The van der Waals surface area contributed by atoms with Crippen LogP contribution in [-0.4, -0.2) is 33.5 Å². The highest BCUT2D eigenvalue weighted by atomic mass is 32.2. The normalized spacial score (nSPS) is 22.4. The lowest BCUT2D eigenvalue weighted by atomic mass is 9.94. The lowest BCUT2D eigenvalue weighted by Crippen LogP contribution is -2.40. The summed E-state index contributed by atoms with van der Waals surface area (Å²) in [5.41, 5.74) is 3.01. The number of hydrogen-bond donors (Lipinski definition) is 0. The molecule has 8 heteroatoms. The molecule has 1 saturated heterocycles. The largest absolute Gasteiger partial charge is 0.334 e. The van der Waals surface area contributed by atoms with E-state index in [1.54, 1.807) is 23.1 Å². The van der Waals surface area contributed by atoms with Gasteiger partial charge >= 0.3 is 0 Å². The molecule has 0 N–H and O–H groups in total. The average molecular weight is 507 g/mol. The fraction of sp³-hybridized carbons (Fsp3) is 0.346. The van der Waals surface area contributed by atoms with Crippen LogP contribution in [0.3, 0.4) is 0 Å². The summed E-state index contributed by atoms with van der Waals surface area (Å²) in [5, 5.41) is 2.90. The Kier molecular flexibility index (Phi) is 5.91. The molecule has 3 heterocycles. The Morgan fingerprint density at radius 2 is 1.91 bits per heavy atom. The summed E-state index contributed by atoms with van der Waals surface area (Å²) in [7, 11) is 0. The van der Waals surface area contributed by atoms with E-state index < -0.39 is 0 Å². The van der Waals surface area contributed by atoms with E-state index in [1.165, 1.54) is 46.3 Å². The number of amidine groups is 1. The van der Waals surface area contributed by atoms with Gasteiger partial charge < -0.3 is 4.90 Å². The molecular formula is C26H26N4OS3. The molecule has 34 heavy (non-hydrogen) atoms. The van der Waals surface area contributed by atoms with Crippen molar-refractivity contribution in [1.29, 1.82) is 0 Å².